The average molecular weight is 295 g/mol. The number of carboxylic acid groups (broad SMARTS) is 1. The number of hydrogen-bond acceptors (Lipinski definition) is 4. The topological polar surface area (TPSA) is 101 Å². The van der Waals surface area contributed by atoms with Crippen molar-refractivity contribution in [2.45, 2.75) is 11.3 Å². The Kier molecular flexibility index (Phi) is 3.75. The molecule has 0 saturated carbocycles. The molecule has 0 aliphatic rings. The van der Waals surface area contributed by atoms with Gasteiger partial charge in [-0.15, -0.1) is 0 Å². The van der Waals surface area contributed by atoms with Crippen LogP contribution in [0.25, 0.3) is 0 Å². The molecule has 0 unspecified atom stereocenters. The molecule has 2 rings (SSSR count). The first-order valence-corrected chi connectivity index (χ1v) is 7.18. The van der Waals surface area contributed by atoms with E-state index in [2.05, 4.69) is 9.82 Å². The number of nitrogens with zero attached hydrogens (tertiary/aromatic N) is 2. The number of nitrogens with one attached hydrogen (secondary N) is 1. The molecule has 0 fully saturated rings. The van der Waals surface area contributed by atoms with Crippen LogP contribution in [0, 0.1) is 0 Å². The maximum absolute atomic E-state index is 12.1. The van der Waals surface area contributed by atoms with Crippen molar-refractivity contribution in [1.29, 1.82) is 0 Å². The Morgan fingerprint density at radius 1 is 1.30 bits per heavy atom. The van der Waals surface area contributed by atoms with Crippen molar-refractivity contribution in [3.8, 4) is 0 Å². The van der Waals surface area contributed by atoms with Gasteiger partial charge in [0.15, 0.2) is 0 Å². The highest BCUT2D eigenvalue weighted by Gasteiger charge is 2.15. The number of carboxylic acids is 1. The predicted molar refractivity (Wildman–Crippen MR) is 71.8 cm³/mol. The number of benzene rings is 1. The summed E-state index contributed by atoms with van der Waals surface area (Å²) < 4.78 is 28.0. The van der Waals surface area contributed by atoms with E-state index < -0.39 is 16.0 Å². The van der Waals surface area contributed by atoms with Crippen LogP contribution in [-0.4, -0.2) is 29.3 Å². The number of hydrogen-bond donors (Lipinski definition) is 2. The van der Waals surface area contributed by atoms with Gasteiger partial charge in [-0.2, -0.15) is 5.10 Å². The number of anilines is 1. The molecule has 1 aromatic carbocycles. The maximum atomic E-state index is 12.1. The summed E-state index contributed by atoms with van der Waals surface area (Å²) in [6.07, 6.45) is 1.34. The summed E-state index contributed by atoms with van der Waals surface area (Å²) in [5.74, 6) is -0.617. The van der Waals surface area contributed by atoms with E-state index in [0.717, 1.165) is 0 Å². The maximum Gasteiger partial charge on any atom is 0.307 e. The monoisotopic (exact) mass is 295 g/mol. The van der Waals surface area contributed by atoms with E-state index in [1.165, 1.54) is 41.2 Å². The summed E-state index contributed by atoms with van der Waals surface area (Å²) in [7, 11) is -2.09. The molecule has 1 aromatic heterocycles. The Labute approximate surface area is 115 Å². The van der Waals surface area contributed by atoms with Gasteiger partial charge in [0.2, 0.25) is 0 Å². The van der Waals surface area contributed by atoms with Crippen LogP contribution in [0.15, 0.2) is 41.4 Å². The molecule has 1 heterocycles. The van der Waals surface area contributed by atoms with Crippen LogP contribution in [0.3, 0.4) is 0 Å². The summed E-state index contributed by atoms with van der Waals surface area (Å²) in [4.78, 5) is 10.6. The first kappa shape index (κ1) is 14.1. The minimum Gasteiger partial charge on any atom is -0.481 e. The predicted octanol–water partition coefficient (Wildman–Crippen LogP) is 0.848. The normalized spacial score (nSPS) is 11.2. The highest BCUT2D eigenvalue weighted by Crippen LogP contribution is 2.16. The molecular weight excluding hydrogens is 282 g/mol. The number of sulfonamides is 1. The Hall–Kier alpha value is -2.35. The lowest BCUT2D eigenvalue weighted by molar-refractivity contribution is -0.136. The molecule has 20 heavy (non-hydrogen) atoms. The largest absolute Gasteiger partial charge is 0.481 e. The number of carbonyl (C=O) groups is 1. The lowest BCUT2D eigenvalue weighted by Gasteiger charge is -2.08. The first-order chi connectivity index (χ1) is 9.38. The molecule has 7 nitrogen and oxygen atoms in total. The second-order valence-corrected chi connectivity index (χ2v) is 5.84. The number of aromatic nitrogens is 2. The smallest absolute Gasteiger partial charge is 0.307 e. The molecule has 0 aliphatic carbocycles. The Morgan fingerprint density at radius 2 is 1.95 bits per heavy atom. The van der Waals surface area contributed by atoms with Crippen molar-refractivity contribution in [1.82, 2.24) is 9.78 Å². The zero-order valence-corrected chi connectivity index (χ0v) is 11.5. The summed E-state index contributed by atoms with van der Waals surface area (Å²) in [5.41, 5.74) is 0.539. The fourth-order valence-electron chi connectivity index (χ4n) is 1.63. The molecule has 2 N–H and O–H groups in total. The van der Waals surface area contributed by atoms with Crippen LogP contribution < -0.4 is 4.72 Å². The molecule has 0 atom stereocenters. The van der Waals surface area contributed by atoms with E-state index in [0.29, 0.717) is 11.4 Å². The van der Waals surface area contributed by atoms with E-state index in [1.54, 1.807) is 7.05 Å². The molecule has 0 aliphatic heterocycles. The lowest BCUT2D eigenvalue weighted by Crippen LogP contribution is -2.15. The zero-order chi connectivity index (χ0) is 14.8. The Balaban J connectivity index is 2.22. The van der Waals surface area contributed by atoms with Gasteiger partial charge in [-0.25, -0.2) is 8.42 Å². The van der Waals surface area contributed by atoms with Gasteiger partial charge in [-0.3, -0.25) is 14.2 Å². The third kappa shape index (κ3) is 3.15. The molecule has 0 saturated heterocycles. The van der Waals surface area contributed by atoms with Crippen molar-refractivity contribution in [3.63, 3.8) is 0 Å². The van der Waals surface area contributed by atoms with Gasteiger partial charge in [0.05, 0.1) is 17.5 Å². The van der Waals surface area contributed by atoms with Gasteiger partial charge in [0.1, 0.15) is 5.82 Å². The minimum atomic E-state index is -3.71. The molecule has 106 valence electrons. The van der Waals surface area contributed by atoms with Crippen LogP contribution in [0.5, 0.6) is 0 Å². The van der Waals surface area contributed by atoms with Crippen LogP contribution in [-0.2, 0) is 28.3 Å². The summed E-state index contributed by atoms with van der Waals surface area (Å²) in [6, 6.07) is 7.24. The highest BCUT2D eigenvalue weighted by atomic mass is 32.2. The van der Waals surface area contributed by atoms with Gasteiger partial charge >= 0.3 is 5.97 Å². The summed E-state index contributed by atoms with van der Waals surface area (Å²) >= 11 is 0. The zero-order valence-electron chi connectivity index (χ0n) is 10.6. The standard InChI is InChI=1S/C12H13N3O4S/c1-15-11(6-7-13-15)14-20(18,19)10-4-2-9(3-5-10)8-12(16)17/h2-7,14H,8H2,1H3,(H,16,17). The van der Waals surface area contributed by atoms with Gasteiger partial charge < -0.3 is 5.11 Å². The molecule has 8 heteroatoms. The van der Waals surface area contributed by atoms with Crippen molar-refractivity contribution >= 4 is 21.8 Å². The van der Waals surface area contributed by atoms with E-state index in [9.17, 15) is 13.2 Å². The second-order valence-electron chi connectivity index (χ2n) is 4.16. The van der Waals surface area contributed by atoms with Crippen molar-refractivity contribution in [2.75, 3.05) is 4.72 Å². The van der Waals surface area contributed by atoms with E-state index >= 15 is 0 Å². The first-order valence-electron chi connectivity index (χ1n) is 5.70. The molecule has 0 amide bonds. The SMILES string of the molecule is Cn1nccc1NS(=O)(=O)c1ccc(CC(=O)O)cc1. The molecule has 0 bridgehead atoms. The Bertz CT molecular complexity index is 719. The van der Waals surface area contributed by atoms with Gasteiger partial charge in [-0.1, -0.05) is 12.1 Å². The fraction of sp³-hybridized carbons (Fsp3) is 0.167. The van der Waals surface area contributed by atoms with Gasteiger partial charge in [0.25, 0.3) is 10.0 Å². The van der Waals surface area contributed by atoms with Gasteiger partial charge in [-0.05, 0) is 17.7 Å². The molecule has 2 aromatic rings. The second kappa shape index (κ2) is 5.33. The van der Waals surface area contributed by atoms with Gasteiger partial charge in [0, 0.05) is 13.1 Å². The average Bonchev–Trinajstić information content (AvgIpc) is 2.74. The van der Waals surface area contributed by atoms with Crippen LogP contribution in [0.2, 0.25) is 0 Å². The van der Waals surface area contributed by atoms with Crippen molar-refractivity contribution in [2.24, 2.45) is 7.05 Å². The molecular formula is C12H13N3O4S. The third-order valence-corrected chi connectivity index (χ3v) is 4.02. The Morgan fingerprint density at radius 3 is 2.45 bits per heavy atom. The van der Waals surface area contributed by atoms with Crippen LogP contribution in [0.1, 0.15) is 5.56 Å². The van der Waals surface area contributed by atoms with E-state index in [1.807, 2.05) is 0 Å². The molecule has 0 spiro atoms. The minimum absolute atomic E-state index is 0.0628. The van der Waals surface area contributed by atoms with E-state index in [4.69, 9.17) is 5.11 Å². The molecule has 0 radical (unpaired) electrons. The fourth-order valence-corrected chi connectivity index (χ4v) is 2.72. The van der Waals surface area contributed by atoms with E-state index in [-0.39, 0.29) is 11.3 Å². The number of aryl methyl sites for hydroxylation is 1. The number of rotatable bonds is 5. The highest BCUT2D eigenvalue weighted by molar-refractivity contribution is 7.92. The van der Waals surface area contributed by atoms with Crippen LogP contribution >= 0.6 is 0 Å². The summed E-state index contributed by atoms with van der Waals surface area (Å²) in [5, 5.41) is 12.5. The van der Waals surface area contributed by atoms with Crippen LogP contribution in [0.4, 0.5) is 5.82 Å². The van der Waals surface area contributed by atoms with Crippen molar-refractivity contribution in [3.05, 3.63) is 42.1 Å². The summed E-state index contributed by atoms with van der Waals surface area (Å²) in [6.45, 7) is 0. The third-order valence-electron chi connectivity index (χ3n) is 2.65. The quantitative estimate of drug-likeness (QED) is 0.851. The van der Waals surface area contributed by atoms with Crippen molar-refractivity contribution < 1.29 is 18.3 Å². The number of aliphatic carboxylic acids is 1. The lowest BCUT2D eigenvalue weighted by atomic mass is 10.2.